The standard InChI is InChI=1S/C32H34ClFN6O3/c1-20-17-35-19-26(33)31(20)21(2)43-24-4-6-28-25(15-24)30(38-37-28)16-27(34)22-3-5-29(36-18-22)32(41)40-9-7-23(8-10-40)39-11-13-42-14-12-39/h3-6,15-19,21,23H,7-14H2,1-2H3,(H,37,38)/b27-16-/t21-/m1/s1. The van der Waals surface area contributed by atoms with Crippen molar-refractivity contribution in [3.63, 3.8) is 0 Å². The number of carbonyl (C=O) groups is 1. The maximum atomic E-state index is 15.4. The van der Waals surface area contributed by atoms with Crippen molar-refractivity contribution >= 4 is 40.3 Å². The second kappa shape index (κ2) is 12.8. The number of benzene rings is 1. The van der Waals surface area contributed by atoms with Gasteiger partial charge in [-0.25, -0.2) is 4.39 Å². The van der Waals surface area contributed by atoms with Crippen LogP contribution in [0.4, 0.5) is 4.39 Å². The molecule has 0 unspecified atom stereocenters. The number of halogens is 2. The number of hydrogen-bond donors (Lipinski definition) is 1. The van der Waals surface area contributed by atoms with E-state index in [-0.39, 0.29) is 17.6 Å². The molecule has 2 aliphatic heterocycles. The zero-order chi connectivity index (χ0) is 29.9. The molecule has 1 N–H and O–H groups in total. The van der Waals surface area contributed by atoms with Crippen LogP contribution in [0, 0.1) is 6.92 Å². The van der Waals surface area contributed by atoms with Gasteiger partial charge < -0.3 is 14.4 Å². The van der Waals surface area contributed by atoms with E-state index in [0.717, 1.165) is 50.3 Å². The van der Waals surface area contributed by atoms with Gasteiger partial charge in [-0.05, 0) is 62.6 Å². The molecule has 3 aromatic heterocycles. The molecule has 0 radical (unpaired) electrons. The summed E-state index contributed by atoms with van der Waals surface area (Å²) in [5.74, 6) is -0.0227. The molecule has 0 bridgehead atoms. The number of piperidine rings is 1. The zero-order valence-electron chi connectivity index (χ0n) is 24.2. The van der Waals surface area contributed by atoms with Crippen molar-refractivity contribution in [1.29, 1.82) is 0 Å². The molecular formula is C32H34ClFN6O3. The molecule has 0 aliphatic carbocycles. The van der Waals surface area contributed by atoms with Crippen LogP contribution in [-0.2, 0) is 4.74 Å². The molecule has 1 aromatic carbocycles. The average Bonchev–Trinajstić information content (AvgIpc) is 3.42. The van der Waals surface area contributed by atoms with Crippen LogP contribution in [0.3, 0.4) is 0 Å². The Morgan fingerprint density at radius 2 is 1.93 bits per heavy atom. The van der Waals surface area contributed by atoms with Crippen molar-refractivity contribution in [3.05, 3.63) is 82.0 Å². The summed E-state index contributed by atoms with van der Waals surface area (Å²) in [7, 11) is 0. The second-order valence-corrected chi connectivity index (χ2v) is 11.4. The first-order valence-electron chi connectivity index (χ1n) is 14.6. The van der Waals surface area contributed by atoms with Gasteiger partial charge in [-0.15, -0.1) is 0 Å². The highest BCUT2D eigenvalue weighted by Crippen LogP contribution is 2.32. The van der Waals surface area contributed by atoms with Crippen LogP contribution in [-0.4, -0.2) is 81.3 Å². The van der Waals surface area contributed by atoms with Crippen LogP contribution >= 0.6 is 11.6 Å². The van der Waals surface area contributed by atoms with Gasteiger partial charge in [0.2, 0.25) is 0 Å². The van der Waals surface area contributed by atoms with Gasteiger partial charge in [-0.1, -0.05) is 11.6 Å². The van der Waals surface area contributed by atoms with E-state index in [1.165, 1.54) is 12.3 Å². The van der Waals surface area contributed by atoms with Crippen molar-refractivity contribution in [1.82, 2.24) is 30.0 Å². The van der Waals surface area contributed by atoms with Gasteiger partial charge in [-0.2, -0.15) is 5.10 Å². The number of ether oxygens (including phenoxy) is 2. The molecular weight excluding hydrogens is 571 g/mol. The second-order valence-electron chi connectivity index (χ2n) is 11.0. The normalized spacial score (nSPS) is 17.8. The maximum absolute atomic E-state index is 15.4. The fourth-order valence-electron chi connectivity index (χ4n) is 5.92. The quantitative estimate of drug-likeness (QED) is 0.282. The van der Waals surface area contributed by atoms with Crippen molar-refractivity contribution in [2.75, 3.05) is 39.4 Å². The summed E-state index contributed by atoms with van der Waals surface area (Å²) >= 11 is 6.37. The lowest BCUT2D eigenvalue weighted by Gasteiger charge is -2.40. The summed E-state index contributed by atoms with van der Waals surface area (Å²) in [6.07, 6.45) is 7.67. The summed E-state index contributed by atoms with van der Waals surface area (Å²) < 4.78 is 27.0. The number of likely N-dealkylation sites (tertiary alicyclic amines) is 1. The van der Waals surface area contributed by atoms with Crippen LogP contribution in [0.2, 0.25) is 5.02 Å². The van der Waals surface area contributed by atoms with E-state index in [2.05, 4.69) is 25.1 Å². The van der Waals surface area contributed by atoms with Gasteiger partial charge in [0.15, 0.2) is 0 Å². The summed E-state index contributed by atoms with van der Waals surface area (Å²) in [6.45, 7) is 8.67. The third kappa shape index (κ3) is 6.41. The number of aromatic amines is 1. The zero-order valence-corrected chi connectivity index (χ0v) is 25.0. The summed E-state index contributed by atoms with van der Waals surface area (Å²) in [6, 6.07) is 9.11. The first-order chi connectivity index (χ1) is 20.9. The van der Waals surface area contributed by atoms with Crippen LogP contribution in [0.1, 0.15) is 58.7 Å². The average molecular weight is 605 g/mol. The minimum atomic E-state index is -0.498. The number of morpholine rings is 1. The molecule has 5 heterocycles. The number of nitrogens with one attached hydrogen (secondary N) is 1. The van der Waals surface area contributed by atoms with E-state index in [0.29, 0.717) is 52.2 Å². The van der Waals surface area contributed by atoms with Crippen LogP contribution in [0.25, 0.3) is 22.8 Å². The fourth-order valence-corrected chi connectivity index (χ4v) is 6.28. The van der Waals surface area contributed by atoms with Crippen molar-refractivity contribution in [2.45, 2.75) is 38.8 Å². The molecule has 1 atom stereocenters. The molecule has 2 aliphatic rings. The molecule has 0 saturated carbocycles. The Labute approximate surface area is 254 Å². The number of amides is 1. The van der Waals surface area contributed by atoms with E-state index in [4.69, 9.17) is 21.1 Å². The van der Waals surface area contributed by atoms with Gasteiger partial charge >= 0.3 is 0 Å². The van der Waals surface area contributed by atoms with Gasteiger partial charge in [0.1, 0.15) is 23.4 Å². The van der Waals surface area contributed by atoms with Crippen molar-refractivity contribution in [2.24, 2.45) is 0 Å². The van der Waals surface area contributed by atoms with Gasteiger partial charge in [0, 0.05) is 73.4 Å². The SMILES string of the molecule is Cc1cncc(Cl)c1[C@@H](C)Oc1ccc2n[nH]c(/C=C(\F)c3ccc(C(=O)N4CCC(N5CCOCC5)CC4)nc3)c2c1. The number of H-pyrrole nitrogens is 1. The molecule has 0 spiro atoms. The van der Waals surface area contributed by atoms with Crippen LogP contribution in [0.5, 0.6) is 5.75 Å². The molecule has 2 fully saturated rings. The Kier molecular flexibility index (Phi) is 8.69. The summed E-state index contributed by atoms with van der Waals surface area (Å²) in [5, 5.41) is 8.45. The highest BCUT2D eigenvalue weighted by molar-refractivity contribution is 6.31. The minimum Gasteiger partial charge on any atom is -0.486 e. The Bertz CT molecular complexity index is 1610. The number of hydrogen-bond acceptors (Lipinski definition) is 7. The number of pyridine rings is 2. The van der Waals surface area contributed by atoms with E-state index in [9.17, 15) is 4.79 Å². The number of nitrogens with zero attached hydrogens (tertiary/aromatic N) is 5. The van der Waals surface area contributed by atoms with Crippen molar-refractivity contribution < 1.29 is 18.7 Å². The molecule has 43 heavy (non-hydrogen) atoms. The monoisotopic (exact) mass is 604 g/mol. The molecule has 9 nitrogen and oxygen atoms in total. The first kappa shape index (κ1) is 29.2. The number of fused-ring (bicyclic) bond motifs is 1. The first-order valence-corrected chi connectivity index (χ1v) is 14.9. The van der Waals surface area contributed by atoms with Crippen molar-refractivity contribution in [3.8, 4) is 5.75 Å². The Hall–Kier alpha value is -3.86. The number of aryl methyl sites for hydroxylation is 1. The van der Waals surface area contributed by atoms with Gasteiger partial charge in [0.05, 0.1) is 29.4 Å². The predicted molar refractivity (Wildman–Crippen MR) is 164 cm³/mol. The molecule has 1 amide bonds. The lowest BCUT2D eigenvalue weighted by molar-refractivity contribution is 0.00153. The van der Waals surface area contributed by atoms with E-state index in [1.54, 1.807) is 24.5 Å². The molecule has 4 aromatic rings. The summed E-state index contributed by atoms with van der Waals surface area (Å²) in [4.78, 5) is 25.8. The Balaban J connectivity index is 1.12. The number of aromatic nitrogens is 4. The minimum absolute atomic E-state index is 0.124. The highest BCUT2D eigenvalue weighted by atomic mass is 35.5. The van der Waals surface area contributed by atoms with Crippen LogP contribution in [0.15, 0.2) is 48.9 Å². The highest BCUT2D eigenvalue weighted by Gasteiger charge is 2.28. The number of carbonyl (C=O) groups excluding carboxylic acids is 1. The third-order valence-electron chi connectivity index (χ3n) is 8.26. The Morgan fingerprint density at radius 1 is 1.14 bits per heavy atom. The van der Waals surface area contributed by atoms with Gasteiger partial charge in [-0.3, -0.25) is 24.8 Å². The third-order valence-corrected chi connectivity index (χ3v) is 8.56. The predicted octanol–water partition coefficient (Wildman–Crippen LogP) is 5.86. The molecule has 224 valence electrons. The fraction of sp³-hybridized carbons (Fsp3) is 0.375. The maximum Gasteiger partial charge on any atom is 0.272 e. The van der Waals surface area contributed by atoms with Gasteiger partial charge in [0.25, 0.3) is 5.91 Å². The summed E-state index contributed by atoms with van der Waals surface area (Å²) in [5.41, 5.74) is 3.55. The lowest BCUT2D eigenvalue weighted by atomic mass is 10.0. The van der Waals surface area contributed by atoms with E-state index >= 15 is 4.39 Å². The molecule has 2 saturated heterocycles. The van der Waals surface area contributed by atoms with E-state index in [1.807, 2.05) is 36.9 Å². The topological polar surface area (TPSA) is 96.5 Å². The number of rotatable bonds is 7. The molecule has 6 rings (SSSR count). The van der Waals surface area contributed by atoms with Crippen LogP contribution < -0.4 is 4.74 Å². The van der Waals surface area contributed by atoms with E-state index < -0.39 is 5.83 Å². The largest absolute Gasteiger partial charge is 0.486 e. The Morgan fingerprint density at radius 3 is 2.65 bits per heavy atom. The molecule has 11 heteroatoms. The smallest absolute Gasteiger partial charge is 0.272 e. The lowest BCUT2D eigenvalue weighted by Crippen LogP contribution is -2.50.